The number of hydrogen-bond acceptors (Lipinski definition) is 4. The number of amides is 1. The average molecular weight is 435 g/mol. The number of nitrogens with zero attached hydrogens (tertiary/aromatic N) is 1. The van der Waals surface area contributed by atoms with E-state index in [4.69, 9.17) is 16.3 Å². The highest BCUT2D eigenvalue weighted by Gasteiger charge is 2.32. The van der Waals surface area contributed by atoms with Crippen LogP contribution >= 0.6 is 11.6 Å². The molecule has 29 heavy (non-hydrogen) atoms. The Bertz CT molecular complexity index is 961. The highest BCUT2D eigenvalue weighted by atomic mass is 35.5. The molecule has 0 bridgehead atoms. The Kier molecular flexibility index (Phi) is 5.81. The summed E-state index contributed by atoms with van der Waals surface area (Å²) in [7, 11) is -3.56. The smallest absolute Gasteiger partial charge is 0.243 e. The van der Waals surface area contributed by atoms with E-state index in [0.29, 0.717) is 37.5 Å². The maximum absolute atomic E-state index is 12.7. The van der Waals surface area contributed by atoms with Crippen molar-refractivity contribution in [2.24, 2.45) is 5.92 Å². The molecule has 2 heterocycles. The highest BCUT2D eigenvalue weighted by molar-refractivity contribution is 7.89. The van der Waals surface area contributed by atoms with E-state index in [2.05, 4.69) is 5.32 Å². The van der Waals surface area contributed by atoms with Gasteiger partial charge in [-0.2, -0.15) is 4.31 Å². The van der Waals surface area contributed by atoms with Crippen molar-refractivity contribution in [1.82, 2.24) is 9.62 Å². The monoisotopic (exact) mass is 434 g/mol. The summed E-state index contributed by atoms with van der Waals surface area (Å²) in [5.41, 5.74) is 1.16. The molecule has 0 spiro atoms. The Labute approximate surface area is 175 Å². The molecule has 2 aromatic carbocycles. The van der Waals surface area contributed by atoms with Gasteiger partial charge in [0, 0.05) is 30.5 Å². The van der Waals surface area contributed by atoms with Crippen LogP contribution < -0.4 is 10.1 Å². The number of halogens is 1. The summed E-state index contributed by atoms with van der Waals surface area (Å²) in [6.07, 6.45) is 1.74. The number of carbonyl (C=O) groups excluding carboxylic acids is 1. The van der Waals surface area contributed by atoms with Crippen molar-refractivity contribution in [2.45, 2.75) is 30.3 Å². The molecular weight excluding hydrogens is 412 g/mol. The van der Waals surface area contributed by atoms with E-state index in [1.54, 1.807) is 12.1 Å². The molecule has 8 heteroatoms. The van der Waals surface area contributed by atoms with Crippen molar-refractivity contribution >= 4 is 27.5 Å². The summed E-state index contributed by atoms with van der Waals surface area (Å²) < 4.78 is 32.8. The molecule has 1 N–H and O–H groups in total. The maximum atomic E-state index is 12.7. The number of nitrogens with one attached hydrogen (secondary N) is 1. The van der Waals surface area contributed by atoms with E-state index in [-0.39, 0.29) is 22.8 Å². The lowest BCUT2D eigenvalue weighted by atomic mass is 9.97. The summed E-state index contributed by atoms with van der Waals surface area (Å²) in [5.74, 6) is 0.663. The average Bonchev–Trinajstić information content (AvgIpc) is 3.15. The van der Waals surface area contributed by atoms with Gasteiger partial charge in [-0.25, -0.2) is 8.42 Å². The Morgan fingerprint density at radius 1 is 1.10 bits per heavy atom. The van der Waals surface area contributed by atoms with Crippen LogP contribution in [0.15, 0.2) is 53.4 Å². The summed E-state index contributed by atoms with van der Waals surface area (Å²) in [5, 5.41) is 3.47. The van der Waals surface area contributed by atoms with E-state index < -0.39 is 10.0 Å². The first kappa shape index (κ1) is 20.2. The van der Waals surface area contributed by atoms with Crippen LogP contribution in [0.1, 0.15) is 18.4 Å². The van der Waals surface area contributed by atoms with E-state index in [1.807, 2.05) is 24.3 Å². The lowest BCUT2D eigenvalue weighted by Crippen LogP contribution is -2.44. The van der Waals surface area contributed by atoms with Gasteiger partial charge in [-0.15, -0.1) is 0 Å². The first-order valence-corrected chi connectivity index (χ1v) is 11.5. The van der Waals surface area contributed by atoms with Gasteiger partial charge in [0.2, 0.25) is 15.9 Å². The van der Waals surface area contributed by atoms with E-state index in [1.165, 1.54) is 16.4 Å². The first-order chi connectivity index (χ1) is 13.9. The molecule has 154 valence electrons. The largest absolute Gasteiger partial charge is 0.488 e. The number of benzene rings is 2. The Hall–Kier alpha value is -2.09. The Balaban J connectivity index is 1.27. The zero-order chi connectivity index (χ0) is 20.4. The number of hydrogen-bond donors (Lipinski definition) is 1. The number of rotatable bonds is 5. The van der Waals surface area contributed by atoms with Crippen LogP contribution in [0.3, 0.4) is 0 Å². The van der Waals surface area contributed by atoms with Gasteiger partial charge in [-0.3, -0.25) is 4.79 Å². The summed E-state index contributed by atoms with van der Waals surface area (Å²) in [6, 6.07) is 14.0. The standard InChI is InChI=1S/C21H23ClN2O4S/c22-17-5-7-19(8-6-17)29(26,27)24-11-9-15(10-12-24)21(25)23-14-18-13-16-3-1-2-4-20(16)28-18/h1-8,15,18H,9-14H2,(H,23,25). The molecule has 1 atom stereocenters. The van der Waals surface area contributed by atoms with Crippen molar-refractivity contribution in [3.05, 3.63) is 59.1 Å². The second-order valence-corrected chi connectivity index (χ2v) is 9.80. The Morgan fingerprint density at radius 3 is 2.48 bits per heavy atom. The predicted octanol–water partition coefficient (Wildman–Crippen LogP) is 2.86. The second kappa shape index (κ2) is 8.34. The SMILES string of the molecule is O=C(NCC1Cc2ccccc2O1)C1CCN(S(=O)(=O)c2ccc(Cl)cc2)CC1. The molecule has 0 radical (unpaired) electrons. The van der Waals surface area contributed by atoms with E-state index in [0.717, 1.165) is 17.7 Å². The molecule has 0 saturated carbocycles. The summed E-state index contributed by atoms with van der Waals surface area (Å²) in [6.45, 7) is 1.11. The zero-order valence-electron chi connectivity index (χ0n) is 15.9. The quantitative estimate of drug-likeness (QED) is 0.785. The topological polar surface area (TPSA) is 75.7 Å². The molecule has 2 aliphatic heterocycles. The van der Waals surface area contributed by atoms with Gasteiger partial charge in [0.05, 0.1) is 11.4 Å². The molecule has 0 aromatic heterocycles. The molecule has 4 rings (SSSR count). The van der Waals surface area contributed by atoms with Crippen LogP contribution in [-0.2, 0) is 21.2 Å². The number of para-hydroxylation sites is 1. The van der Waals surface area contributed by atoms with E-state index >= 15 is 0 Å². The number of piperidine rings is 1. The van der Waals surface area contributed by atoms with Gasteiger partial charge in [0.15, 0.2) is 0 Å². The fourth-order valence-electron chi connectivity index (χ4n) is 3.84. The minimum Gasteiger partial charge on any atom is -0.488 e. The van der Waals surface area contributed by atoms with Crippen LogP contribution in [-0.4, -0.2) is 44.4 Å². The van der Waals surface area contributed by atoms with Crippen LogP contribution in [0, 0.1) is 5.92 Å². The molecule has 0 aliphatic carbocycles. The molecule has 1 amide bonds. The molecule has 2 aliphatic rings. The lowest BCUT2D eigenvalue weighted by Gasteiger charge is -2.30. The molecule has 1 saturated heterocycles. The second-order valence-electron chi connectivity index (χ2n) is 7.43. The zero-order valence-corrected chi connectivity index (χ0v) is 17.5. The third kappa shape index (κ3) is 4.42. The van der Waals surface area contributed by atoms with Crippen molar-refractivity contribution in [1.29, 1.82) is 0 Å². The highest BCUT2D eigenvalue weighted by Crippen LogP contribution is 2.28. The fourth-order valence-corrected chi connectivity index (χ4v) is 5.44. The van der Waals surface area contributed by atoms with Crippen LogP contribution in [0.2, 0.25) is 5.02 Å². The lowest BCUT2D eigenvalue weighted by molar-refractivity contribution is -0.126. The molecule has 1 fully saturated rings. The predicted molar refractivity (Wildman–Crippen MR) is 111 cm³/mol. The van der Waals surface area contributed by atoms with Gasteiger partial charge >= 0.3 is 0 Å². The van der Waals surface area contributed by atoms with Crippen molar-refractivity contribution in [2.75, 3.05) is 19.6 Å². The third-order valence-corrected chi connectivity index (χ3v) is 7.66. The molecule has 1 unspecified atom stereocenters. The number of fused-ring (bicyclic) bond motifs is 1. The first-order valence-electron chi connectivity index (χ1n) is 9.71. The molecule has 2 aromatic rings. The number of carbonyl (C=O) groups is 1. The summed E-state index contributed by atoms with van der Waals surface area (Å²) >= 11 is 5.84. The van der Waals surface area contributed by atoms with E-state index in [9.17, 15) is 13.2 Å². The maximum Gasteiger partial charge on any atom is 0.243 e. The van der Waals surface area contributed by atoms with Crippen molar-refractivity contribution < 1.29 is 17.9 Å². The van der Waals surface area contributed by atoms with Gasteiger partial charge in [-0.1, -0.05) is 29.8 Å². The number of ether oxygens (including phenoxy) is 1. The molecular formula is C21H23ClN2O4S. The van der Waals surface area contributed by atoms with Crippen molar-refractivity contribution in [3.63, 3.8) is 0 Å². The minimum absolute atomic E-state index is 0.0342. The van der Waals surface area contributed by atoms with Crippen molar-refractivity contribution in [3.8, 4) is 5.75 Å². The minimum atomic E-state index is -3.56. The van der Waals surface area contributed by atoms with Crippen LogP contribution in [0.25, 0.3) is 0 Å². The molecule has 6 nitrogen and oxygen atoms in total. The fraction of sp³-hybridized carbons (Fsp3) is 0.381. The van der Waals surface area contributed by atoms with Gasteiger partial charge in [-0.05, 0) is 48.7 Å². The van der Waals surface area contributed by atoms with Gasteiger partial charge in [0.1, 0.15) is 11.9 Å². The van der Waals surface area contributed by atoms with Crippen LogP contribution in [0.4, 0.5) is 0 Å². The van der Waals surface area contributed by atoms with Gasteiger partial charge < -0.3 is 10.1 Å². The third-order valence-electron chi connectivity index (χ3n) is 5.49. The van der Waals surface area contributed by atoms with Gasteiger partial charge in [0.25, 0.3) is 0 Å². The van der Waals surface area contributed by atoms with Crippen LogP contribution in [0.5, 0.6) is 5.75 Å². The summed E-state index contributed by atoms with van der Waals surface area (Å²) in [4.78, 5) is 12.8. The number of sulfonamides is 1. The Morgan fingerprint density at radius 2 is 1.79 bits per heavy atom. The normalized spacial score (nSPS) is 20.1.